The third kappa shape index (κ3) is 2.54. The van der Waals surface area contributed by atoms with E-state index in [9.17, 15) is 9.59 Å². The highest BCUT2D eigenvalue weighted by atomic mass is 32.1. The molecule has 106 valence electrons. The van der Waals surface area contributed by atoms with Gasteiger partial charge in [-0.2, -0.15) is 0 Å². The molecule has 5 heteroatoms. The van der Waals surface area contributed by atoms with Gasteiger partial charge in [-0.3, -0.25) is 9.59 Å². The van der Waals surface area contributed by atoms with Crippen molar-refractivity contribution in [1.29, 1.82) is 0 Å². The molecule has 0 saturated carbocycles. The molecule has 0 radical (unpaired) electrons. The number of benzene rings is 1. The van der Waals surface area contributed by atoms with Crippen molar-refractivity contribution >= 4 is 22.9 Å². The maximum atomic E-state index is 12.4. The van der Waals surface area contributed by atoms with E-state index in [0.717, 1.165) is 34.6 Å². The number of carbonyl (C=O) groups excluding carboxylic acids is 1. The van der Waals surface area contributed by atoms with Crippen LogP contribution in [0, 0.1) is 13.8 Å². The van der Waals surface area contributed by atoms with E-state index in [2.05, 4.69) is 12.2 Å². The number of aromatic nitrogens is 1. The Hall–Kier alpha value is -1.88. The van der Waals surface area contributed by atoms with Gasteiger partial charge >= 0.3 is 4.87 Å². The minimum Gasteiger partial charge on any atom is -0.321 e. The van der Waals surface area contributed by atoms with Crippen LogP contribution in [0.15, 0.2) is 23.0 Å². The first kappa shape index (κ1) is 14.5. The summed E-state index contributed by atoms with van der Waals surface area (Å²) in [5.41, 5.74) is 3.67. The molecule has 1 amide bonds. The molecule has 0 unspecified atom stereocenters. The molecule has 0 saturated heterocycles. The number of para-hydroxylation sites is 1. The molecule has 1 N–H and O–H groups in total. The third-order valence-corrected chi connectivity index (χ3v) is 4.61. The smallest absolute Gasteiger partial charge is 0.307 e. The first-order valence-electron chi connectivity index (χ1n) is 6.52. The number of hydrogen-bond acceptors (Lipinski definition) is 3. The standard InChI is InChI=1S/C15H18N2O2S/c1-5-11-8-6-7-9(2)12(11)16-14(18)13-10(3)17(4)15(19)20-13/h6-8H,5H2,1-4H3,(H,16,18). The number of hydrogen-bond donors (Lipinski definition) is 1. The molecule has 2 aromatic rings. The third-order valence-electron chi connectivity index (χ3n) is 3.48. The Morgan fingerprint density at radius 1 is 1.35 bits per heavy atom. The summed E-state index contributed by atoms with van der Waals surface area (Å²) in [6.07, 6.45) is 0.849. The second kappa shape index (κ2) is 5.63. The molecule has 1 aromatic carbocycles. The fourth-order valence-electron chi connectivity index (χ4n) is 2.10. The molecular formula is C15H18N2O2S. The molecule has 0 aliphatic heterocycles. The molecule has 0 aliphatic carbocycles. The fourth-order valence-corrected chi connectivity index (χ4v) is 2.98. The Morgan fingerprint density at radius 2 is 2.05 bits per heavy atom. The number of aryl methyl sites for hydroxylation is 2. The topological polar surface area (TPSA) is 51.1 Å². The Balaban J connectivity index is 2.37. The van der Waals surface area contributed by atoms with Crippen LogP contribution in [0.3, 0.4) is 0 Å². The minimum atomic E-state index is -0.214. The Morgan fingerprint density at radius 3 is 2.60 bits per heavy atom. The first-order valence-corrected chi connectivity index (χ1v) is 7.33. The van der Waals surface area contributed by atoms with Gasteiger partial charge in [-0.1, -0.05) is 36.5 Å². The van der Waals surface area contributed by atoms with Gasteiger partial charge in [0.25, 0.3) is 5.91 Å². The zero-order chi connectivity index (χ0) is 14.9. The largest absolute Gasteiger partial charge is 0.321 e. The Bertz CT molecular complexity index is 713. The predicted molar refractivity (Wildman–Crippen MR) is 82.8 cm³/mol. The predicted octanol–water partition coefficient (Wildman–Crippen LogP) is 2.88. The zero-order valence-electron chi connectivity index (χ0n) is 12.1. The first-order chi connectivity index (χ1) is 9.45. The van der Waals surface area contributed by atoms with E-state index in [1.807, 2.05) is 25.1 Å². The molecular weight excluding hydrogens is 272 g/mol. The summed E-state index contributed by atoms with van der Waals surface area (Å²) >= 11 is 0.983. The van der Waals surface area contributed by atoms with Crippen molar-refractivity contribution in [2.24, 2.45) is 7.05 Å². The van der Waals surface area contributed by atoms with E-state index in [1.54, 1.807) is 14.0 Å². The molecule has 1 aromatic heterocycles. The quantitative estimate of drug-likeness (QED) is 0.945. The van der Waals surface area contributed by atoms with Crippen molar-refractivity contribution in [3.63, 3.8) is 0 Å². The van der Waals surface area contributed by atoms with Crippen molar-refractivity contribution in [1.82, 2.24) is 4.57 Å². The van der Waals surface area contributed by atoms with Crippen molar-refractivity contribution in [2.75, 3.05) is 5.32 Å². The summed E-state index contributed by atoms with van der Waals surface area (Å²) in [4.78, 5) is 24.3. The number of nitrogens with one attached hydrogen (secondary N) is 1. The second-order valence-corrected chi connectivity index (χ2v) is 5.72. The van der Waals surface area contributed by atoms with E-state index in [4.69, 9.17) is 0 Å². The van der Waals surface area contributed by atoms with Crippen molar-refractivity contribution in [3.05, 3.63) is 49.6 Å². The summed E-state index contributed by atoms with van der Waals surface area (Å²) in [7, 11) is 1.68. The Labute approximate surface area is 122 Å². The summed E-state index contributed by atoms with van der Waals surface area (Å²) in [6.45, 7) is 5.80. The fraction of sp³-hybridized carbons (Fsp3) is 0.333. The van der Waals surface area contributed by atoms with E-state index in [1.165, 1.54) is 4.57 Å². The van der Waals surface area contributed by atoms with Crippen molar-refractivity contribution in [3.8, 4) is 0 Å². The van der Waals surface area contributed by atoms with Crippen LogP contribution in [0.1, 0.15) is 33.4 Å². The van der Waals surface area contributed by atoms with Crippen LogP contribution in [0.2, 0.25) is 0 Å². The van der Waals surface area contributed by atoms with Gasteiger partial charge in [-0.15, -0.1) is 0 Å². The van der Waals surface area contributed by atoms with Crippen LogP contribution in [0.25, 0.3) is 0 Å². The number of thiazole rings is 1. The van der Waals surface area contributed by atoms with Gasteiger partial charge in [0.05, 0.1) is 0 Å². The molecule has 0 aliphatic rings. The summed E-state index contributed by atoms with van der Waals surface area (Å²) in [6, 6.07) is 5.95. The van der Waals surface area contributed by atoms with Gasteiger partial charge in [-0.25, -0.2) is 0 Å². The van der Waals surface area contributed by atoms with Gasteiger partial charge in [-0.05, 0) is 31.4 Å². The molecule has 0 fully saturated rings. The molecule has 0 bridgehead atoms. The van der Waals surface area contributed by atoms with Crippen LogP contribution in [0.5, 0.6) is 0 Å². The SMILES string of the molecule is CCc1cccc(C)c1NC(=O)c1sc(=O)n(C)c1C. The molecule has 20 heavy (non-hydrogen) atoms. The summed E-state index contributed by atoms with van der Waals surface area (Å²) in [5.74, 6) is -0.214. The highest BCUT2D eigenvalue weighted by Crippen LogP contribution is 2.23. The zero-order valence-corrected chi connectivity index (χ0v) is 12.9. The van der Waals surface area contributed by atoms with Crippen molar-refractivity contribution in [2.45, 2.75) is 27.2 Å². The van der Waals surface area contributed by atoms with Crippen LogP contribution in [0.4, 0.5) is 5.69 Å². The van der Waals surface area contributed by atoms with Gasteiger partial charge in [0.2, 0.25) is 0 Å². The molecule has 0 atom stereocenters. The van der Waals surface area contributed by atoms with E-state index >= 15 is 0 Å². The molecule has 2 rings (SSSR count). The number of amides is 1. The highest BCUT2D eigenvalue weighted by molar-refractivity contribution is 7.11. The van der Waals surface area contributed by atoms with Crippen molar-refractivity contribution < 1.29 is 4.79 Å². The number of carbonyl (C=O) groups is 1. The number of anilines is 1. The van der Waals surface area contributed by atoms with Crippen LogP contribution < -0.4 is 10.2 Å². The van der Waals surface area contributed by atoms with Gasteiger partial charge < -0.3 is 9.88 Å². The molecule has 1 heterocycles. The lowest BCUT2D eigenvalue weighted by atomic mass is 10.1. The maximum absolute atomic E-state index is 12.4. The van der Waals surface area contributed by atoms with Gasteiger partial charge in [0, 0.05) is 18.4 Å². The lowest BCUT2D eigenvalue weighted by molar-refractivity contribution is 0.102. The maximum Gasteiger partial charge on any atom is 0.307 e. The van der Waals surface area contributed by atoms with E-state index in [0.29, 0.717) is 10.6 Å². The van der Waals surface area contributed by atoms with Crippen LogP contribution >= 0.6 is 11.3 Å². The normalized spacial score (nSPS) is 10.6. The summed E-state index contributed by atoms with van der Waals surface area (Å²) < 4.78 is 1.50. The van der Waals surface area contributed by atoms with E-state index in [-0.39, 0.29) is 10.8 Å². The lowest BCUT2D eigenvalue weighted by Crippen LogP contribution is -2.14. The monoisotopic (exact) mass is 290 g/mol. The average Bonchev–Trinajstić information content (AvgIpc) is 2.68. The van der Waals surface area contributed by atoms with E-state index < -0.39 is 0 Å². The second-order valence-electron chi connectivity index (χ2n) is 4.76. The summed E-state index contributed by atoms with van der Waals surface area (Å²) in [5, 5.41) is 2.95. The molecule has 4 nitrogen and oxygen atoms in total. The number of rotatable bonds is 3. The van der Waals surface area contributed by atoms with Crippen LogP contribution in [-0.2, 0) is 13.5 Å². The number of nitrogens with zero attached hydrogens (tertiary/aromatic N) is 1. The minimum absolute atomic E-state index is 0.117. The lowest BCUT2D eigenvalue weighted by Gasteiger charge is -2.12. The average molecular weight is 290 g/mol. The van der Waals surface area contributed by atoms with Gasteiger partial charge in [0.1, 0.15) is 4.88 Å². The van der Waals surface area contributed by atoms with Gasteiger partial charge in [0.15, 0.2) is 0 Å². The van der Waals surface area contributed by atoms with Crippen LogP contribution in [-0.4, -0.2) is 10.5 Å². The Kier molecular flexibility index (Phi) is 4.09. The molecule has 0 spiro atoms. The highest BCUT2D eigenvalue weighted by Gasteiger charge is 2.17.